The summed E-state index contributed by atoms with van der Waals surface area (Å²) in [6.07, 6.45) is -0.773. The first-order chi connectivity index (χ1) is 12.8. The van der Waals surface area contributed by atoms with Crippen molar-refractivity contribution in [2.24, 2.45) is 0 Å². The molecule has 2 amide bonds. The molecule has 6 nitrogen and oxygen atoms in total. The molecule has 2 aromatic rings. The van der Waals surface area contributed by atoms with Crippen molar-refractivity contribution in [1.82, 2.24) is 10.9 Å². The van der Waals surface area contributed by atoms with Crippen molar-refractivity contribution in [2.75, 3.05) is 6.61 Å². The molecular weight excluding hydrogens is 368 g/mol. The van der Waals surface area contributed by atoms with E-state index >= 15 is 0 Å². The van der Waals surface area contributed by atoms with Gasteiger partial charge in [0.25, 0.3) is 11.8 Å². The lowest BCUT2D eigenvalue weighted by Gasteiger charge is -2.17. The van der Waals surface area contributed by atoms with Gasteiger partial charge in [0.1, 0.15) is 11.5 Å². The van der Waals surface area contributed by atoms with E-state index in [0.717, 1.165) is 16.7 Å². The minimum atomic E-state index is -0.773. The van der Waals surface area contributed by atoms with E-state index in [1.165, 1.54) is 0 Å². The van der Waals surface area contributed by atoms with Crippen molar-refractivity contribution >= 4 is 23.4 Å². The highest BCUT2D eigenvalue weighted by Gasteiger charge is 2.16. The van der Waals surface area contributed by atoms with Crippen molar-refractivity contribution < 1.29 is 19.1 Å². The maximum Gasteiger partial charge on any atom is 0.279 e. The van der Waals surface area contributed by atoms with Crippen molar-refractivity contribution in [1.29, 1.82) is 0 Å². The van der Waals surface area contributed by atoms with Gasteiger partial charge in [-0.25, -0.2) is 0 Å². The fourth-order valence-corrected chi connectivity index (χ4v) is 2.49. The fraction of sp³-hybridized carbons (Fsp3) is 0.300. The molecule has 0 heterocycles. The largest absolute Gasteiger partial charge is 0.483 e. The van der Waals surface area contributed by atoms with Crippen LogP contribution in [0.2, 0.25) is 5.02 Å². The van der Waals surface area contributed by atoms with Crippen LogP contribution in [-0.4, -0.2) is 24.5 Å². The molecule has 0 aliphatic heterocycles. The summed E-state index contributed by atoms with van der Waals surface area (Å²) in [6.45, 7) is 7.04. The number of amides is 2. The number of hydrazine groups is 1. The van der Waals surface area contributed by atoms with E-state index in [2.05, 4.69) is 10.9 Å². The average Bonchev–Trinajstić information content (AvgIpc) is 2.61. The fourth-order valence-electron chi connectivity index (χ4n) is 2.27. The molecule has 2 aromatic carbocycles. The van der Waals surface area contributed by atoms with Crippen LogP contribution in [-0.2, 0) is 9.59 Å². The first-order valence-electron chi connectivity index (χ1n) is 8.48. The van der Waals surface area contributed by atoms with E-state index in [4.69, 9.17) is 21.1 Å². The molecule has 0 aliphatic carbocycles. The molecule has 1 unspecified atom stereocenters. The number of halogens is 1. The Labute approximate surface area is 163 Å². The summed E-state index contributed by atoms with van der Waals surface area (Å²) in [5.41, 5.74) is 7.41. The second kappa shape index (κ2) is 9.28. The number of nitrogens with one attached hydrogen (secondary N) is 2. The predicted octanol–water partition coefficient (Wildman–Crippen LogP) is 3.26. The van der Waals surface area contributed by atoms with Gasteiger partial charge in [0.05, 0.1) is 0 Å². The molecule has 0 saturated carbocycles. The minimum absolute atomic E-state index is 0.241. The molecule has 0 bridgehead atoms. The number of rotatable bonds is 6. The quantitative estimate of drug-likeness (QED) is 0.742. The molecule has 0 aromatic heterocycles. The van der Waals surface area contributed by atoms with Crippen molar-refractivity contribution in [3.8, 4) is 11.5 Å². The van der Waals surface area contributed by atoms with Gasteiger partial charge in [-0.2, -0.15) is 0 Å². The maximum absolute atomic E-state index is 12.1. The first kappa shape index (κ1) is 20.6. The van der Waals surface area contributed by atoms with Crippen LogP contribution < -0.4 is 20.3 Å². The average molecular weight is 391 g/mol. The van der Waals surface area contributed by atoms with Gasteiger partial charge in [0, 0.05) is 5.02 Å². The Hall–Kier alpha value is -2.73. The van der Waals surface area contributed by atoms with Crippen LogP contribution in [0.1, 0.15) is 23.6 Å². The lowest BCUT2D eigenvalue weighted by molar-refractivity contribution is -0.133. The number of hydrogen-bond acceptors (Lipinski definition) is 4. The molecule has 2 N–H and O–H groups in total. The predicted molar refractivity (Wildman–Crippen MR) is 104 cm³/mol. The lowest BCUT2D eigenvalue weighted by Crippen LogP contribution is -2.48. The molecule has 0 radical (unpaired) electrons. The van der Waals surface area contributed by atoms with Gasteiger partial charge in [0.2, 0.25) is 0 Å². The third kappa shape index (κ3) is 6.18. The standard InChI is InChI=1S/C20H23ClN2O4/c1-12-5-6-13(2)18(9-12)27-15(4)20(25)23-22-19(24)11-26-17-8-7-16(21)10-14(17)3/h5-10,15H,11H2,1-4H3,(H,22,24)(H,23,25). The molecule has 1 atom stereocenters. The van der Waals surface area contributed by atoms with Crippen LogP contribution >= 0.6 is 11.6 Å². The van der Waals surface area contributed by atoms with Crippen molar-refractivity contribution in [3.05, 3.63) is 58.1 Å². The van der Waals surface area contributed by atoms with E-state index in [1.54, 1.807) is 25.1 Å². The highest BCUT2D eigenvalue weighted by Crippen LogP contribution is 2.22. The highest BCUT2D eigenvalue weighted by atomic mass is 35.5. The molecule has 0 aliphatic rings. The van der Waals surface area contributed by atoms with Crippen LogP contribution in [0, 0.1) is 20.8 Å². The SMILES string of the molecule is Cc1ccc(C)c(OC(C)C(=O)NNC(=O)COc2ccc(Cl)cc2C)c1. The number of carbonyl (C=O) groups is 2. The number of carbonyl (C=O) groups excluding carboxylic acids is 2. The molecule has 2 rings (SSSR count). The lowest BCUT2D eigenvalue weighted by atomic mass is 10.1. The summed E-state index contributed by atoms with van der Waals surface area (Å²) in [5.74, 6) is 0.224. The van der Waals surface area contributed by atoms with Gasteiger partial charge in [-0.3, -0.25) is 20.4 Å². The van der Waals surface area contributed by atoms with Gasteiger partial charge in [0.15, 0.2) is 12.7 Å². The van der Waals surface area contributed by atoms with E-state index in [1.807, 2.05) is 39.0 Å². The highest BCUT2D eigenvalue weighted by molar-refractivity contribution is 6.30. The molecule has 0 saturated heterocycles. The number of benzene rings is 2. The molecule has 144 valence electrons. The van der Waals surface area contributed by atoms with Gasteiger partial charge in [-0.05, 0) is 68.7 Å². The Bertz CT molecular complexity index is 839. The Morgan fingerprint density at radius 2 is 1.74 bits per heavy atom. The summed E-state index contributed by atoms with van der Waals surface area (Å²) in [4.78, 5) is 24.0. The Kier molecular flexibility index (Phi) is 7.07. The van der Waals surface area contributed by atoms with E-state index in [9.17, 15) is 9.59 Å². The molecular formula is C20H23ClN2O4. The summed E-state index contributed by atoms with van der Waals surface area (Å²) < 4.78 is 11.1. The third-order valence-electron chi connectivity index (χ3n) is 3.84. The van der Waals surface area contributed by atoms with Gasteiger partial charge in [-0.1, -0.05) is 23.7 Å². The summed E-state index contributed by atoms with van der Waals surface area (Å²) in [6, 6.07) is 10.9. The second-order valence-corrected chi connectivity index (χ2v) is 6.70. The van der Waals surface area contributed by atoms with Crippen LogP contribution in [0.4, 0.5) is 0 Å². The zero-order valence-electron chi connectivity index (χ0n) is 15.8. The smallest absolute Gasteiger partial charge is 0.279 e. The van der Waals surface area contributed by atoms with Crippen LogP contribution in [0.3, 0.4) is 0 Å². The Balaban J connectivity index is 1.80. The molecule has 7 heteroatoms. The van der Waals surface area contributed by atoms with Gasteiger partial charge >= 0.3 is 0 Å². The molecule has 0 spiro atoms. The zero-order valence-corrected chi connectivity index (χ0v) is 16.5. The van der Waals surface area contributed by atoms with E-state index in [-0.39, 0.29) is 6.61 Å². The third-order valence-corrected chi connectivity index (χ3v) is 4.07. The number of aryl methyl sites for hydroxylation is 3. The van der Waals surface area contributed by atoms with E-state index < -0.39 is 17.9 Å². The van der Waals surface area contributed by atoms with E-state index in [0.29, 0.717) is 16.5 Å². The van der Waals surface area contributed by atoms with Crippen LogP contribution in [0.5, 0.6) is 11.5 Å². The summed E-state index contributed by atoms with van der Waals surface area (Å²) in [5, 5.41) is 0.592. The normalized spacial score (nSPS) is 11.4. The molecule has 27 heavy (non-hydrogen) atoms. The van der Waals surface area contributed by atoms with Gasteiger partial charge in [-0.15, -0.1) is 0 Å². The zero-order chi connectivity index (χ0) is 20.0. The second-order valence-electron chi connectivity index (χ2n) is 6.26. The monoisotopic (exact) mass is 390 g/mol. The van der Waals surface area contributed by atoms with Crippen LogP contribution in [0.25, 0.3) is 0 Å². The van der Waals surface area contributed by atoms with Crippen molar-refractivity contribution in [3.63, 3.8) is 0 Å². The maximum atomic E-state index is 12.1. The van der Waals surface area contributed by atoms with Gasteiger partial charge < -0.3 is 9.47 Å². The first-order valence-corrected chi connectivity index (χ1v) is 8.85. The minimum Gasteiger partial charge on any atom is -0.483 e. The summed E-state index contributed by atoms with van der Waals surface area (Å²) in [7, 11) is 0. The number of ether oxygens (including phenoxy) is 2. The Morgan fingerprint density at radius 3 is 2.44 bits per heavy atom. The molecule has 0 fully saturated rings. The summed E-state index contributed by atoms with van der Waals surface area (Å²) >= 11 is 5.88. The van der Waals surface area contributed by atoms with Crippen LogP contribution in [0.15, 0.2) is 36.4 Å². The topological polar surface area (TPSA) is 76.7 Å². The Morgan fingerprint density at radius 1 is 1.00 bits per heavy atom. The van der Waals surface area contributed by atoms with Crippen molar-refractivity contribution in [2.45, 2.75) is 33.8 Å². The number of hydrogen-bond donors (Lipinski definition) is 2.